The molecule has 14 heavy (non-hydrogen) atoms. The Kier molecular flexibility index (Phi) is 3.45. The van der Waals surface area contributed by atoms with E-state index in [-0.39, 0.29) is 11.8 Å². The first-order chi connectivity index (χ1) is 6.33. The normalized spacial score (nSPS) is 24.6. The topological polar surface area (TPSA) is 26.0 Å². The van der Waals surface area contributed by atoms with E-state index in [9.17, 15) is 13.2 Å². The van der Waals surface area contributed by atoms with Crippen LogP contribution in [-0.4, -0.2) is 12.2 Å². The second-order valence-corrected chi connectivity index (χ2v) is 4.72. The molecule has 1 aliphatic carbocycles. The zero-order chi connectivity index (χ0) is 10.8. The first kappa shape index (κ1) is 11.8. The summed E-state index contributed by atoms with van der Waals surface area (Å²) in [5, 5.41) is 0. The number of hydrogen-bond acceptors (Lipinski definition) is 1. The minimum absolute atomic E-state index is 0.0799. The van der Waals surface area contributed by atoms with Crippen LogP contribution in [0.4, 0.5) is 13.2 Å². The Morgan fingerprint density at radius 3 is 2.14 bits per heavy atom. The van der Waals surface area contributed by atoms with Crippen molar-refractivity contribution in [3.05, 3.63) is 0 Å². The van der Waals surface area contributed by atoms with Crippen LogP contribution in [0, 0.1) is 5.41 Å². The van der Waals surface area contributed by atoms with E-state index >= 15 is 0 Å². The van der Waals surface area contributed by atoms with Crippen LogP contribution in [0.1, 0.15) is 45.4 Å². The molecule has 84 valence electrons. The molecular weight excluding hydrogens is 191 g/mol. The van der Waals surface area contributed by atoms with E-state index in [1.165, 1.54) is 0 Å². The van der Waals surface area contributed by atoms with E-state index in [0.29, 0.717) is 0 Å². The van der Waals surface area contributed by atoms with Gasteiger partial charge in [-0.1, -0.05) is 26.2 Å². The zero-order valence-electron chi connectivity index (χ0n) is 8.53. The smallest absolute Gasteiger partial charge is 0.320 e. The fraction of sp³-hybridized carbons (Fsp3) is 1.00. The van der Waals surface area contributed by atoms with Crippen molar-refractivity contribution in [1.29, 1.82) is 0 Å². The molecule has 1 atom stereocenters. The summed E-state index contributed by atoms with van der Waals surface area (Å²) in [6.45, 7) is 1.93. The van der Waals surface area contributed by atoms with Crippen molar-refractivity contribution in [3.8, 4) is 0 Å². The number of hydrogen-bond donors (Lipinski definition) is 1. The zero-order valence-corrected chi connectivity index (χ0v) is 8.53. The lowest BCUT2D eigenvalue weighted by atomic mass is 9.72. The van der Waals surface area contributed by atoms with Gasteiger partial charge in [0.15, 0.2) is 0 Å². The molecular formula is C10H18F3N. The fourth-order valence-corrected chi connectivity index (χ4v) is 2.26. The van der Waals surface area contributed by atoms with E-state index < -0.39 is 12.2 Å². The molecule has 0 aromatic rings. The molecule has 0 aromatic heterocycles. The molecule has 0 aromatic carbocycles. The molecule has 0 heterocycles. The van der Waals surface area contributed by atoms with Gasteiger partial charge in [0.25, 0.3) is 0 Å². The van der Waals surface area contributed by atoms with Gasteiger partial charge < -0.3 is 5.73 Å². The van der Waals surface area contributed by atoms with Gasteiger partial charge in [0.2, 0.25) is 0 Å². The van der Waals surface area contributed by atoms with Crippen LogP contribution in [0.15, 0.2) is 0 Å². The molecule has 1 rings (SSSR count). The Bertz CT molecular complexity index is 182. The molecule has 0 bridgehead atoms. The summed E-state index contributed by atoms with van der Waals surface area (Å²) in [7, 11) is 0. The van der Waals surface area contributed by atoms with Gasteiger partial charge in [-0.3, -0.25) is 0 Å². The van der Waals surface area contributed by atoms with Crippen molar-refractivity contribution in [1.82, 2.24) is 0 Å². The SMILES string of the molecule is CC1(CC(N)C(F)(F)F)CCCCC1. The van der Waals surface area contributed by atoms with E-state index in [1.807, 2.05) is 6.92 Å². The summed E-state index contributed by atoms with van der Waals surface area (Å²) in [5.41, 5.74) is 4.95. The van der Waals surface area contributed by atoms with Crippen LogP contribution in [0.5, 0.6) is 0 Å². The molecule has 0 aliphatic heterocycles. The van der Waals surface area contributed by atoms with E-state index in [1.54, 1.807) is 0 Å². The second kappa shape index (κ2) is 4.09. The third kappa shape index (κ3) is 3.15. The number of halogens is 3. The maximum absolute atomic E-state index is 12.2. The molecule has 2 N–H and O–H groups in total. The largest absolute Gasteiger partial charge is 0.403 e. The minimum atomic E-state index is -4.24. The average molecular weight is 209 g/mol. The van der Waals surface area contributed by atoms with E-state index in [4.69, 9.17) is 5.73 Å². The summed E-state index contributed by atoms with van der Waals surface area (Å²) in [5.74, 6) is 0. The van der Waals surface area contributed by atoms with Gasteiger partial charge in [-0.05, 0) is 24.7 Å². The highest BCUT2D eigenvalue weighted by Gasteiger charge is 2.41. The molecule has 1 saturated carbocycles. The van der Waals surface area contributed by atoms with Crippen molar-refractivity contribution in [2.24, 2.45) is 11.1 Å². The number of nitrogens with two attached hydrogens (primary N) is 1. The fourth-order valence-electron chi connectivity index (χ4n) is 2.26. The Morgan fingerprint density at radius 1 is 1.21 bits per heavy atom. The van der Waals surface area contributed by atoms with E-state index in [2.05, 4.69) is 0 Å². The quantitative estimate of drug-likeness (QED) is 0.742. The molecule has 1 unspecified atom stereocenters. The van der Waals surface area contributed by atoms with Gasteiger partial charge in [0, 0.05) is 0 Å². The maximum Gasteiger partial charge on any atom is 0.403 e. The van der Waals surface area contributed by atoms with Crippen LogP contribution >= 0.6 is 0 Å². The van der Waals surface area contributed by atoms with Gasteiger partial charge >= 0.3 is 6.18 Å². The Balaban J connectivity index is 2.49. The second-order valence-electron chi connectivity index (χ2n) is 4.72. The summed E-state index contributed by atoms with van der Waals surface area (Å²) in [4.78, 5) is 0. The highest BCUT2D eigenvalue weighted by atomic mass is 19.4. The van der Waals surface area contributed by atoms with Crippen molar-refractivity contribution in [3.63, 3.8) is 0 Å². The lowest BCUT2D eigenvalue weighted by molar-refractivity contribution is -0.155. The van der Waals surface area contributed by atoms with Gasteiger partial charge in [-0.25, -0.2) is 0 Å². The monoisotopic (exact) mass is 209 g/mol. The van der Waals surface area contributed by atoms with Crippen LogP contribution in [0.2, 0.25) is 0 Å². The third-order valence-electron chi connectivity index (χ3n) is 3.19. The molecule has 1 aliphatic rings. The summed E-state index contributed by atoms with van der Waals surface area (Å²) < 4.78 is 36.7. The standard InChI is InChI=1S/C10H18F3N/c1-9(5-3-2-4-6-9)7-8(14)10(11,12)13/h8H,2-7,14H2,1H3. The first-order valence-electron chi connectivity index (χ1n) is 5.16. The van der Waals surface area contributed by atoms with Crippen molar-refractivity contribution in [2.45, 2.75) is 57.7 Å². The average Bonchev–Trinajstić information content (AvgIpc) is 2.02. The van der Waals surface area contributed by atoms with Crippen LogP contribution in [0.3, 0.4) is 0 Å². The first-order valence-corrected chi connectivity index (χ1v) is 5.16. The lowest BCUT2D eigenvalue weighted by Crippen LogP contribution is -2.42. The van der Waals surface area contributed by atoms with Gasteiger partial charge in [0.1, 0.15) is 6.04 Å². The predicted molar refractivity (Wildman–Crippen MR) is 49.8 cm³/mol. The van der Waals surface area contributed by atoms with Crippen LogP contribution in [-0.2, 0) is 0 Å². The van der Waals surface area contributed by atoms with Crippen molar-refractivity contribution < 1.29 is 13.2 Å². The summed E-state index contributed by atoms with van der Waals surface area (Å²) >= 11 is 0. The highest BCUT2D eigenvalue weighted by molar-refractivity contribution is 4.85. The molecule has 4 heteroatoms. The molecule has 0 amide bonds. The summed E-state index contributed by atoms with van der Waals surface area (Å²) in [6, 6.07) is -1.65. The van der Waals surface area contributed by atoms with Crippen LogP contribution in [0.25, 0.3) is 0 Å². The highest BCUT2D eigenvalue weighted by Crippen LogP contribution is 2.41. The molecule has 0 spiro atoms. The number of alkyl halides is 3. The number of rotatable bonds is 2. The van der Waals surface area contributed by atoms with Crippen LogP contribution < -0.4 is 5.73 Å². The molecule has 0 radical (unpaired) electrons. The van der Waals surface area contributed by atoms with Crippen molar-refractivity contribution in [2.75, 3.05) is 0 Å². The summed E-state index contributed by atoms with van der Waals surface area (Å²) in [6.07, 6.45) is 0.851. The Hall–Kier alpha value is -0.250. The Morgan fingerprint density at radius 2 is 1.71 bits per heavy atom. The lowest BCUT2D eigenvalue weighted by Gasteiger charge is -2.36. The predicted octanol–water partition coefficient (Wildman–Crippen LogP) is 3.24. The van der Waals surface area contributed by atoms with E-state index in [0.717, 1.165) is 32.1 Å². The van der Waals surface area contributed by atoms with Gasteiger partial charge in [0.05, 0.1) is 0 Å². The molecule has 0 saturated heterocycles. The van der Waals surface area contributed by atoms with Gasteiger partial charge in [-0.15, -0.1) is 0 Å². The van der Waals surface area contributed by atoms with Crippen molar-refractivity contribution >= 4 is 0 Å². The molecule has 1 nitrogen and oxygen atoms in total. The molecule has 1 fully saturated rings. The minimum Gasteiger partial charge on any atom is -0.320 e. The Labute approximate surface area is 82.9 Å². The third-order valence-corrected chi connectivity index (χ3v) is 3.19. The maximum atomic E-state index is 12.2. The van der Waals surface area contributed by atoms with Gasteiger partial charge in [-0.2, -0.15) is 13.2 Å².